The van der Waals surface area contributed by atoms with Crippen molar-refractivity contribution >= 4 is 12.1 Å². The Morgan fingerprint density at radius 3 is 2.20 bits per heavy atom. The summed E-state index contributed by atoms with van der Waals surface area (Å²) >= 11 is 0. The predicted octanol–water partition coefficient (Wildman–Crippen LogP) is 3.61. The highest BCUT2D eigenvalue weighted by Gasteiger charge is 2.42. The summed E-state index contributed by atoms with van der Waals surface area (Å²) in [5.41, 5.74) is 1.06. The van der Waals surface area contributed by atoms with Crippen molar-refractivity contribution in [2.24, 2.45) is 5.92 Å². The third kappa shape index (κ3) is 6.59. The largest absolute Gasteiger partial charge is 0.465 e. The molecule has 2 rings (SSSR count). The van der Waals surface area contributed by atoms with E-state index in [1.807, 2.05) is 74.8 Å². The molecule has 2 aromatic carbocycles. The molecule has 0 aliphatic carbocycles. The van der Waals surface area contributed by atoms with Crippen molar-refractivity contribution in [1.29, 1.82) is 0 Å². The summed E-state index contributed by atoms with van der Waals surface area (Å²) in [6.07, 6.45) is -0.131. The van der Waals surface area contributed by atoms with E-state index in [0.29, 0.717) is 13.0 Å². The quantitative estimate of drug-likeness (QED) is 0.604. The molecule has 0 aromatic heterocycles. The molecule has 30 heavy (non-hydrogen) atoms. The number of hydrogen-bond acceptors (Lipinski definition) is 5. The van der Waals surface area contributed by atoms with E-state index >= 15 is 0 Å². The highest BCUT2D eigenvalue weighted by Crippen LogP contribution is 2.38. The van der Waals surface area contributed by atoms with Gasteiger partial charge in [0.15, 0.2) is 0 Å². The summed E-state index contributed by atoms with van der Waals surface area (Å²) in [6.45, 7) is 4.54. The Labute approximate surface area is 179 Å². The summed E-state index contributed by atoms with van der Waals surface area (Å²) in [7, 11) is 3.99. The zero-order valence-electron chi connectivity index (χ0n) is 18.3. The van der Waals surface area contributed by atoms with Gasteiger partial charge in [0, 0.05) is 18.9 Å². The van der Waals surface area contributed by atoms with Gasteiger partial charge in [-0.25, -0.2) is 4.79 Å². The van der Waals surface area contributed by atoms with Crippen LogP contribution in [-0.2, 0) is 26.3 Å². The van der Waals surface area contributed by atoms with Crippen LogP contribution in [-0.4, -0.2) is 50.8 Å². The third-order valence-corrected chi connectivity index (χ3v) is 4.96. The molecule has 6 heteroatoms. The van der Waals surface area contributed by atoms with Crippen molar-refractivity contribution in [2.45, 2.75) is 25.9 Å². The van der Waals surface area contributed by atoms with Crippen molar-refractivity contribution in [3.63, 3.8) is 0 Å². The van der Waals surface area contributed by atoms with E-state index in [2.05, 4.69) is 17.1 Å². The Hall–Kier alpha value is -2.86. The molecule has 0 fully saturated rings. The van der Waals surface area contributed by atoms with Crippen LogP contribution in [0.2, 0.25) is 0 Å². The van der Waals surface area contributed by atoms with Gasteiger partial charge in [-0.05, 0) is 32.1 Å². The molecule has 0 bridgehead atoms. The van der Waals surface area contributed by atoms with Crippen LogP contribution < -0.4 is 5.32 Å². The van der Waals surface area contributed by atoms with Crippen LogP contribution in [0.15, 0.2) is 60.7 Å². The van der Waals surface area contributed by atoms with Crippen molar-refractivity contribution in [2.75, 3.05) is 33.8 Å². The maximum Gasteiger partial charge on any atom is 0.408 e. The second-order valence-corrected chi connectivity index (χ2v) is 7.63. The number of carbonyl (C=O) groups excluding carboxylic acids is 2. The third-order valence-electron chi connectivity index (χ3n) is 4.96. The van der Waals surface area contributed by atoms with E-state index in [0.717, 1.165) is 11.1 Å². The molecule has 6 nitrogen and oxygen atoms in total. The van der Waals surface area contributed by atoms with Gasteiger partial charge in [0.1, 0.15) is 12.1 Å². The molecule has 1 N–H and O–H groups in total. The van der Waals surface area contributed by atoms with Gasteiger partial charge in [0.25, 0.3) is 0 Å². The lowest BCUT2D eigenvalue weighted by Crippen LogP contribution is -2.47. The van der Waals surface area contributed by atoms with Crippen LogP contribution in [0.3, 0.4) is 0 Å². The van der Waals surface area contributed by atoms with Gasteiger partial charge in [-0.1, -0.05) is 67.6 Å². The number of nitrogens with zero attached hydrogens (tertiary/aromatic N) is 1. The van der Waals surface area contributed by atoms with E-state index < -0.39 is 17.7 Å². The first kappa shape index (κ1) is 23.4. The lowest BCUT2D eigenvalue weighted by atomic mass is 9.77. The standard InChI is InChI=1S/C24H32N2O4/c1-5-29-22(27)17-25-23(28)30-24(19(2)18-26(3)4,21-14-10-7-11-15-21)16-20-12-8-6-9-13-20/h6-15,19H,5,16-18H2,1-4H3,(H,25,28)/t19-,24-/m0/s1. The van der Waals surface area contributed by atoms with E-state index in [9.17, 15) is 9.59 Å². The fourth-order valence-electron chi connectivity index (χ4n) is 3.63. The SMILES string of the molecule is CCOC(=O)CNC(=O)O[C@](Cc1ccccc1)(c1ccccc1)[C@@H](C)CN(C)C. The fourth-order valence-corrected chi connectivity index (χ4v) is 3.63. The first-order valence-corrected chi connectivity index (χ1v) is 10.2. The summed E-state index contributed by atoms with van der Waals surface area (Å²) in [4.78, 5) is 26.5. The zero-order chi connectivity index (χ0) is 22.0. The Kier molecular flexibility index (Phi) is 8.87. The average molecular weight is 413 g/mol. The lowest BCUT2D eigenvalue weighted by Gasteiger charge is -2.40. The molecule has 2 aromatic rings. The second kappa shape index (κ2) is 11.4. The number of rotatable bonds is 10. The van der Waals surface area contributed by atoms with Gasteiger partial charge < -0.3 is 19.7 Å². The Morgan fingerprint density at radius 1 is 1.03 bits per heavy atom. The van der Waals surface area contributed by atoms with E-state index in [1.165, 1.54) is 0 Å². The number of hydrogen-bond donors (Lipinski definition) is 1. The smallest absolute Gasteiger partial charge is 0.408 e. The van der Waals surface area contributed by atoms with Crippen LogP contribution in [0.1, 0.15) is 25.0 Å². The lowest BCUT2D eigenvalue weighted by molar-refractivity contribution is -0.142. The topological polar surface area (TPSA) is 67.9 Å². The molecule has 0 aliphatic heterocycles. The van der Waals surface area contributed by atoms with Gasteiger partial charge >= 0.3 is 12.1 Å². The van der Waals surface area contributed by atoms with Gasteiger partial charge in [-0.2, -0.15) is 0 Å². The van der Waals surface area contributed by atoms with E-state index in [-0.39, 0.29) is 19.1 Å². The number of benzene rings is 2. The molecule has 0 saturated carbocycles. The van der Waals surface area contributed by atoms with Crippen LogP contribution in [0.4, 0.5) is 4.79 Å². The normalized spacial score (nSPS) is 13.9. The highest BCUT2D eigenvalue weighted by atomic mass is 16.6. The number of ether oxygens (including phenoxy) is 2. The first-order valence-electron chi connectivity index (χ1n) is 10.2. The maximum absolute atomic E-state index is 12.8. The molecule has 0 aliphatic rings. The van der Waals surface area contributed by atoms with Gasteiger partial charge in [-0.15, -0.1) is 0 Å². The molecule has 2 atom stereocenters. The van der Waals surface area contributed by atoms with Gasteiger partial charge in [0.2, 0.25) is 0 Å². The van der Waals surface area contributed by atoms with Crippen LogP contribution in [0.5, 0.6) is 0 Å². The van der Waals surface area contributed by atoms with Crippen LogP contribution >= 0.6 is 0 Å². The molecule has 1 amide bonds. The van der Waals surface area contributed by atoms with Crippen molar-refractivity contribution in [1.82, 2.24) is 10.2 Å². The van der Waals surface area contributed by atoms with E-state index in [1.54, 1.807) is 6.92 Å². The number of esters is 1. The molecule has 162 valence electrons. The average Bonchev–Trinajstić information content (AvgIpc) is 2.73. The summed E-state index contributed by atoms with van der Waals surface area (Å²) < 4.78 is 11.0. The second-order valence-electron chi connectivity index (χ2n) is 7.63. The van der Waals surface area contributed by atoms with Crippen molar-refractivity contribution < 1.29 is 19.1 Å². The molecule has 0 unspecified atom stereocenters. The minimum atomic E-state index is -0.911. The van der Waals surface area contributed by atoms with Gasteiger partial charge in [-0.3, -0.25) is 4.79 Å². The Balaban J connectivity index is 2.39. The number of amides is 1. The highest BCUT2D eigenvalue weighted by molar-refractivity contribution is 5.78. The minimum Gasteiger partial charge on any atom is -0.465 e. The monoisotopic (exact) mass is 412 g/mol. The number of nitrogens with one attached hydrogen (secondary N) is 1. The number of carbonyl (C=O) groups is 2. The molecule has 0 heterocycles. The Bertz CT molecular complexity index is 795. The van der Waals surface area contributed by atoms with Crippen molar-refractivity contribution in [3.8, 4) is 0 Å². The zero-order valence-corrected chi connectivity index (χ0v) is 18.3. The maximum atomic E-state index is 12.8. The van der Waals surface area contributed by atoms with Gasteiger partial charge in [0.05, 0.1) is 6.61 Å². The summed E-state index contributed by atoms with van der Waals surface area (Å²) in [6, 6.07) is 19.7. The Morgan fingerprint density at radius 2 is 1.63 bits per heavy atom. The van der Waals surface area contributed by atoms with Crippen LogP contribution in [0, 0.1) is 5.92 Å². The van der Waals surface area contributed by atoms with Crippen LogP contribution in [0.25, 0.3) is 0 Å². The summed E-state index contributed by atoms with van der Waals surface area (Å²) in [5.74, 6) is -0.521. The molecular formula is C24H32N2O4. The molecule has 0 saturated heterocycles. The van der Waals surface area contributed by atoms with E-state index in [4.69, 9.17) is 9.47 Å². The first-order chi connectivity index (χ1) is 14.4. The fraction of sp³-hybridized carbons (Fsp3) is 0.417. The minimum absolute atomic E-state index is 0.0246. The predicted molar refractivity (Wildman–Crippen MR) is 117 cm³/mol. The molecule has 0 radical (unpaired) electrons. The summed E-state index contributed by atoms with van der Waals surface area (Å²) in [5, 5.41) is 2.54. The molecular weight excluding hydrogens is 380 g/mol. The number of alkyl carbamates (subject to hydrolysis) is 1. The van der Waals surface area contributed by atoms with Crippen molar-refractivity contribution in [3.05, 3.63) is 71.8 Å². The molecule has 0 spiro atoms.